The zero-order valence-corrected chi connectivity index (χ0v) is 12.3. The van der Waals surface area contributed by atoms with Crippen LogP contribution in [0.2, 0.25) is 0 Å². The first-order valence-corrected chi connectivity index (χ1v) is 7.95. The van der Waals surface area contributed by atoms with Gasteiger partial charge in [0.15, 0.2) is 0 Å². The third kappa shape index (κ3) is 3.59. The lowest BCUT2D eigenvalue weighted by Crippen LogP contribution is -2.14. The van der Waals surface area contributed by atoms with E-state index in [2.05, 4.69) is 4.72 Å². The van der Waals surface area contributed by atoms with Crippen LogP contribution in [0.15, 0.2) is 47.4 Å². The highest BCUT2D eigenvalue weighted by atomic mass is 32.2. The molecule has 0 saturated heterocycles. The summed E-state index contributed by atoms with van der Waals surface area (Å²) < 4.78 is 40.5. The van der Waals surface area contributed by atoms with Crippen molar-refractivity contribution in [3.05, 3.63) is 59.4 Å². The molecule has 21 heavy (non-hydrogen) atoms. The largest absolute Gasteiger partial charge is 0.392 e. The fourth-order valence-electron chi connectivity index (χ4n) is 1.88. The van der Waals surface area contributed by atoms with Crippen LogP contribution in [0.5, 0.6) is 0 Å². The van der Waals surface area contributed by atoms with Crippen LogP contribution in [0.3, 0.4) is 0 Å². The molecule has 0 fully saturated rings. The molecule has 112 valence electrons. The molecule has 4 nitrogen and oxygen atoms in total. The molecule has 0 aliphatic heterocycles. The Morgan fingerprint density at radius 1 is 1.10 bits per heavy atom. The minimum atomic E-state index is -4.00. The lowest BCUT2D eigenvalue weighted by atomic mass is 10.2. The van der Waals surface area contributed by atoms with Gasteiger partial charge in [-0.2, -0.15) is 0 Å². The van der Waals surface area contributed by atoms with Crippen molar-refractivity contribution in [1.82, 2.24) is 0 Å². The zero-order chi connectivity index (χ0) is 15.5. The number of hydrogen-bond donors (Lipinski definition) is 2. The number of sulfonamides is 1. The molecular formula is C15H16FNO3S. The van der Waals surface area contributed by atoms with Gasteiger partial charge >= 0.3 is 0 Å². The van der Waals surface area contributed by atoms with Crippen LogP contribution in [0.25, 0.3) is 0 Å². The second-order valence-corrected chi connectivity index (χ2v) is 6.23. The van der Waals surface area contributed by atoms with E-state index in [4.69, 9.17) is 5.11 Å². The van der Waals surface area contributed by atoms with Crippen molar-refractivity contribution >= 4 is 15.7 Å². The zero-order valence-electron chi connectivity index (χ0n) is 11.5. The van der Waals surface area contributed by atoms with Crippen molar-refractivity contribution < 1.29 is 17.9 Å². The molecular weight excluding hydrogens is 293 g/mol. The molecule has 0 heterocycles. The smallest absolute Gasteiger partial charge is 0.264 e. The summed E-state index contributed by atoms with van der Waals surface area (Å²) in [4.78, 5) is -0.445. The molecule has 0 bridgehead atoms. The average Bonchev–Trinajstić information content (AvgIpc) is 2.47. The number of aliphatic hydroxyl groups excluding tert-OH is 1. The van der Waals surface area contributed by atoms with Crippen molar-refractivity contribution in [2.24, 2.45) is 0 Å². The molecule has 0 aromatic heterocycles. The molecule has 2 aromatic rings. The van der Waals surface area contributed by atoms with Gasteiger partial charge in [-0.15, -0.1) is 0 Å². The highest BCUT2D eigenvalue weighted by Gasteiger charge is 2.19. The van der Waals surface area contributed by atoms with Crippen molar-refractivity contribution in [1.29, 1.82) is 0 Å². The number of rotatable bonds is 5. The molecule has 2 rings (SSSR count). The lowest BCUT2D eigenvalue weighted by molar-refractivity contribution is 0.281. The summed E-state index contributed by atoms with van der Waals surface area (Å²) in [6.07, 6.45) is 0.851. The van der Waals surface area contributed by atoms with E-state index >= 15 is 0 Å². The summed E-state index contributed by atoms with van der Waals surface area (Å²) in [5, 5.41) is 8.91. The quantitative estimate of drug-likeness (QED) is 0.892. The predicted molar refractivity (Wildman–Crippen MR) is 79.0 cm³/mol. The minimum absolute atomic E-state index is 0.318. The van der Waals surface area contributed by atoms with Gasteiger partial charge in [0.05, 0.1) is 6.61 Å². The normalized spacial score (nSPS) is 11.4. The highest BCUT2D eigenvalue weighted by molar-refractivity contribution is 7.92. The van der Waals surface area contributed by atoms with E-state index in [1.165, 1.54) is 6.07 Å². The van der Waals surface area contributed by atoms with Crippen LogP contribution in [-0.4, -0.2) is 13.5 Å². The molecule has 0 saturated carbocycles. The Labute approximate surface area is 123 Å². The van der Waals surface area contributed by atoms with Crippen LogP contribution in [0.1, 0.15) is 18.1 Å². The Morgan fingerprint density at radius 2 is 1.71 bits per heavy atom. The third-order valence-electron chi connectivity index (χ3n) is 3.08. The predicted octanol–water partition coefficient (Wildman–Crippen LogP) is 2.68. The first-order chi connectivity index (χ1) is 9.96. The van der Waals surface area contributed by atoms with E-state index < -0.39 is 20.7 Å². The molecule has 2 aromatic carbocycles. The van der Waals surface area contributed by atoms with E-state index in [0.29, 0.717) is 11.3 Å². The highest BCUT2D eigenvalue weighted by Crippen LogP contribution is 2.20. The van der Waals surface area contributed by atoms with Crippen LogP contribution < -0.4 is 4.72 Å². The number of benzene rings is 2. The number of aryl methyl sites for hydroxylation is 1. The van der Waals surface area contributed by atoms with Gasteiger partial charge in [-0.05, 0) is 41.8 Å². The molecule has 0 aliphatic rings. The van der Waals surface area contributed by atoms with E-state index in [1.54, 1.807) is 12.1 Å². The first-order valence-electron chi connectivity index (χ1n) is 6.47. The summed E-state index contributed by atoms with van der Waals surface area (Å²) in [6.45, 7) is 1.65. The molecule has 0 aliphatic carbocycles. The minimum Gasteiger partial charge on any atom is -0.392 e. The molecule has 0 amide bonds. The maximum atomic E-state index is 13.8. The second kappa shape index (κ2) is 6.24. The monoisotopic (exact) mass is 309 g/mol. The maximum Gasteiger partial charge on any atom is 0.264 e. The molecule has 0 spiro atoms. The standard InChI is InChI=1S/C15H16FNO3S/c1-2-11-3-6-13(7-4-11)17-21(19,20)15-8-5-12(10-18)9-14(15)16/h3-9,17-18H,2,10H2,1H3. The van der Waals surface area contributed by atoms with Gasteiger partial charge in [0.1, 0.15) is 10.7 Å². The van der Waals surface area contributed by atoms with Crippen LogP contribution in [0, 0.1) is 5.82 Å². The SMILES string of the molecule is CCc1ccc(NS(=O)(=O)c2ccc(CO)cc2F)cc1. The maximum absolute atomic E-state index is 13.8. The Bertz CT molecular complexity index is 727. The number of anilines is 1. The van der Waals surface area contributed by atoms with Crippen LogP contribution in [-0.2, 0) is 23.1 Å². The summed E-state index contributed by atoms with van der Waals surface area (Å²) in [5.74, 6) is -0.890. The van der Waals surface area contributed by atoms with Crippen molar-refractivity contribution in [2.75, 3.05) is 4.72 Å². The summed E-state index contributed by atoms with van der Waals surface area (Å²) in [7, 11) is -4.00. The fraction of sp³-hybridized carbons (Fsp3) is 0.200. The van der Waals surface area contributed by atoms with Gasteiger partial charge in [0.2, 0.25) is 0 Å². The topological polar surface area (TPSA) is 66.4 Å². The summed E-state index contributed by atoms with van der Waals surface area (Å²) in [5.41, 5.74) is 1.77. The fourth-order valence-corrected chi connectivity index (χ4v) is 3.00. The Hall–Kier alpha value is -1.92. The van der Waals surface area contributed by atoms with E-state index in [0.717, 1.165) is 24.1 Å². The molecule has 2 N–H and O–H groups in total. The summed E-state index contributed by atoms with van der Waals surface area (Å²) in [6, 6.07) is 10.4. The average molecular weight is 309 g/mol. The van der Waals surface area contributed by atoms with E-state index in [-0.39, 0.29) is 6.61 Å². The number of nitrogens with one attached hydrogen (secondary N) is 1. The number of aliphatic hydroxyl groups is 1. The molecule has 0 radical (unpaired) electrons. The van der Waals surface area contributed by atoms with Crippen molar-refractivity contribution in [3.8, 4) is 0 Å². The van der Waals surface area contributed by atoms with Crippen LogP contribution in [0.4, 0.5) is 10.1 Å². The van der Waals surface area contributed by atoms with Crippen molar-refractivity contribution in [3.63, 3.8) is 0 Å². The van der Waals surface area contributed by atoms with E-state index in [1.807, 2.05) is 19.1 Å². The van der Waals surface area contributed by atoms with Gasteiger partial charge in [-0.3, -0.25) is 4.72 Å². The number of halogens is 1. The Morgan fingerprint density at radius 3 is 2.24 bits per heavy atom. The second-order valence-electron chi connectivity index (χ2n) is 4.58. The third-order valence-corrected chi connectivity index (χ3v) is 4.50. The van der Waals surface area contributed by atoms with Gasteiger partial charge < -0.3 is 5.11 Å². The number of hydrogen-bond acceptors (Lipinski definition) is 3. The van der Waals surface area contributed by atoms with E-state index in [9.17, 15) is 12.8 Å². The van der Waals surface area contributed by atoms with Crippen molar-refractivity contribution in [2.45, 2.75) is 24.8 Å². The lowest BCUT2D eigenvalue weighted by Gasteiger charge is -2.10. The van der Waals surface area contributed by atoms with Crippen LogP contribution >= 0.6 is 0 Å². The van der Waals surface area contributed by atoms with Gasteiger partial charge in [-0.25, -0.2) is 12.8 Å². The van der Waals surface area contributed by atoms with Gasteiger partial charge in [0, 0.05) is 5.69 Å². The molecule has 0 atom stereocenters. The summed E-state index contributed by atoms with van der Waals surface area (Å²) >= 11 is 0. The van der Waals surface area contributed by atoms with Gasteiger partial charge in [0.25, 0.3) is 10.0 Å². The molecule has 0 unspecified atom stereocenters. The molecule has 6 heteroatoms. The Balaban J connectivity index is 2.29. The first kappa shape index (κ1) is 15.5. The Kier molecular flexibility index (Phi) is 4.59. The van der Waals surface area contributed by atoms with Gasteiger partial charge in [-0.1, -0.05) is 25.1 Å².